The molecule has 110 valence electrons. The van der Waals surface area contributed by atoms with Crippen LogP contribution < -0.4 is 5.32 Å². The van der Waals surface area contributed by atoms with Crippen molar-refractivity contribution in [2.45, 2.75) is 19.4 Å². The topological polar surface area (TPSA) is 81.9 Å². The third-order valence-corrected chi connectivity index (χ3v) is 2.81. The predicted molar refractivity (Wildman–Crippen MR) is 78.0 cm³/mol. The van der Waals surface area contributed by atoms with Crippen LogP contribution in [0.5, 0.6) is 0 Å². The van der Waals surface area contributed by atoms with Crippen LogP contribution in [0.4, 0.5) is 5.69 Å². The summed E-state index contributed by atoms with van der Waals surface area (Å²) >= 11 is 0. The first-order chi connectivity index (χ1) is 10.2. The lowest BCUT2D eigenvalue weighted by atomic mass is 10.2. The summed E-state index contributed by atoms with van der Waals surface area (Å²) in [5.41, 5.74) is 1.50. The first-order valence-electron chi connectivity index (χ1n) is 6.57. The molecule has 0 bridgehead atoms. The van der Waals surface area contributed by atoms with E-state index in [4.69, 9.17) is 4.74 Å². The molecule has 1 heterocycles. The van der Waals surface area contributed by atoms with Gasteiger partial charge in [-0.15, -0.1) is 11.7 Å². The van der Waals surface area contributed by atoms with E-state index in [0.717, 1.165) is 12.1 Å². The molecule has 21 heavy (non-hydrogen) atoms. The maximum Gasteiger partial charge on any atom is 0.253 e. The molecule has 0 saturated heterocycles. The van der Waals surface area contributed by atoms with E-state index >= 15 is 0 Å². The van der Waals surface area contributed by atoms with E-state index in [-0.39, 0.29) is 5.91 Å². The molecule has 0 aliphatic carbocycles. The number of ether oxygens (including phenoxy) is 1. The van der Waals surface area contributed by atoms with Crippen LogP contribution in [0.15, 0.2) is 43.2 Å². The normalized spacial score (nSPS) is 11.9. The standard InChI is InChI=1S/C14H17N5O2/c1-3-4-9-21-11(2)14(20)16-12-5-7-13(8-6-12)19-10-15-17-18-19/h3,5-8,10-11H,1,4,9H2,2H3,(H,16,20). The Morgan fingerprint density at radius 3 is 2.86 bits per heavy atom. The fraction of sp³-hybridized carbons (Fsp3) is 0.286. The molecule has 1 aromatic carbocycles. The van der Waals surface area contributed by atoms with Crippen LogP contribution >= 0.6 is 0 Å². The highest BCUT2D eigenvalue weighted by Crippen LogP contribution is 2.12. The zero-order chi connectivity index (χ0) is 15.1. The van der Waals surface area contributed by atoms with Crippen molar-refractivity contribution in [2.75, 3.05) is 11.9 Å². The van der Waals surface area contributed by atoms with Crippen LogP contribution in [0.3, 0.4) is 0 Å². The van der Waals surface area contributed by atoms with Gasteiger partial charge in [0.2, 0.25) is 0 Å². The van der Waals surface area contributed by atoms with E-state index in [9.17, 15) is 4.79 Å². The van der Waals surface area contributed by atoms with E-state index in [2.05, 4.69) is 27.4 Å². The Balaban J connectivity index is 1.90. The molecule has 0 aliphatic heterocycles. The minimum atomic E-state index is -0.510. The molecule has 0 fully saturated rings. The van der Waals surface area contributed by atoms with Gasteiger partial charge in [0.05, 0.1) is 12.3 Å². The summed E-state index contributed by atoms with van der Waals surface area (Å²) in [6, 6.07) is 7.20. The Morgan fingerprint density at radius 1 is 1.48 bits per heavy atom. The van der Waals surface area contributed by atoms with Crippen molar-refractivity contribution in [3.8, 4) is 5.69 Å². The average Bonchev–Trinajstić information content (AvgIpc) is 3.02. The second-order valence-electron chi connectivity index (χ2n) is 4.38. The quantitative estimate of drug-likeness (QED) is 0.617. The smallest absolute Gasteiger partial charge is 0.253 e. The Labute approximate surface area is 122 Å². The molecule has 2 aromatic rings. The second kappa shape index (κ2) is 7.30. The number of hydrogen-bond donors (Lipinski definition) is 1. The number of carbonyl (C=O) groups excluding carboxylic acids is 1. The van der Waals surface area contributed by atoms with Crippen molar-refractivity contribution >= 4 is 11.6 Å². The molecule has 1 unspecified atom stereocenters. The number of benzene rings is 1. The highest BCUT2D eigenvalue weighted by atomic mass is 16.5. The van der Waals surface area contributed by atoms with Crippen LogP contribution in [-0.2, 0) is 9.53 Å². The number of carbonyl (C=O) groups is 1. The van der Waals surface area contributed by atoms with Gasteiger partial charge in [-0.2, -0.15) is 0 Å². The predicted octanol–water partition coefficient (Wildman–Crippen LogP) is 1.58. The van der Waals surface area contributed by atoms with Crippen molar-refractivity contribution < 1.29 is 9.53 Å². The monoisotopic (exact) mass is 287 g/mol. The molecule has 1 aromatic heterocycles. The summed E-state index contributed by atoms with van der Waals surface area (Å²) in [5.74, 6) is -0.186. The SMILES string of the molecule is C=CCCOC(C)C(=O)Nc1ccc(-n2cnnn2)cc1. The molecule has 2 rings (SSSR count). The van der Waals surface area contributed by atoms with Gasteiger partial charge in [-0.05, 0) is 48.0 Å². The number of nitrogens with zero attached hydrogens (tertiary/aromatic N) is 4. The molecule has 7 nitrogen and oxygen atoms in total. The zero-order valence-electron chi connectivity index (χ0n) is 11.8. The average molecular weight is 287 g/mol. The van der Waals surface area contributed by atoms with E-state index in [1.165, 1.54) is 11.0 Å². The molecule has 0 saturated carbocycles. The fourth-order valence-corrected chi connectivity index (χ4v) is 1.62. The van der Waals surface area contributed by atoms with Gasteiger partial charge >= 0.3 is 0 Å². The lowest BCUT2D eigenvalue weighted by Crippen LogP contribution is -2.28. The summed E-state index contributed by atoms with van der Waals surface area (Å²) < 4.78 is 6.92. The fourth-order valence-electron chi connectivity index (χ4n) is 1.62. The summed E-state index contributed by atoms with van der Waals surface area (Å²) in [7, 11) is 0. The lowest BCUT2D eigenvalue weighted by molar-refractivity contribution is -0.126. The maximum absolute atomic E-state index is 11.9. The van der Waals surface area contributed by atoms with E-state index in [1.807, 2.05) is 12.1 Å². The van der Waals surface area contributed by atoms with Crippen molar-refractivity contribution in [3.63, 3.8) is 0 Å². The van der Waals surface area contributed by atoms with Crippen molar-refractivity contribution in [3.05, 3.63) is 43.2 Å². The Hall–Kier alpha value is -2.54. The van der Waals surface area contributed by atoms with Gasteiger partial charge in [0.15, 0.2) is 0 Å². The van der Waals surface area contributed by atoms with Crippen LogP contribution in [0, 0.1) is 0 Å². The summed E-state index contributed by atoms with van der Waals surface area (Å²) in [6.07, 6.45) is 3.47. The zero-order valence-corrected chi connectivity index (χ0v) is 11.8. The molecule has 1 N–H and O–H groups in total. The van der Waals surface area contributed by atoms with Crippen LogP contribution in [0.25, 0.3) is 5.69 Å². The van der Waals surface area contributed by atoms with Crippen LogP contribution in [0.2, 0.25) is 0 Å². The largest absolute Gasteiger partial charge is 0.368 e. The summed E-state index contributed by atoms with van der Waals surface area (Å²) in [5, 5.41) is 13.7. The van der Waals surface area contributed by atoms with Crippen molar-refractivity contribution in [1.29, 1.82) is 0 Å². The number of rotatable bonds is 7. The maximum atomic E-state index is 11.9. The van der Waals surface area contributed by atoms with E-state index in [1.54, 1.807) is 25.1 Å². The first-order valence-corrected chi connectivity index (χ1v) is 6.57. The van der Waals surface area contributed by atoms with Gasteiger partial charge in [0.25, 0.3) is 5.91 Å². The van der Waals surface area contributed by atoms with Gasteiger partial charge < -0.3 is 10.1 Å². The Kier molecular flexibility index (Phi) is 5.16. The Bertz CT molecular complexity index is 580. The molecular formula is C14H17N5O2. The number of hydrogen-bond acceptors (Lipinski definition) is 5. The third kappa shape index (κ3) is 4.22. The summed E-state index contributed by atoms with van der Waals surface area (Å²) in [4.78, 5) is 11.9. The molecular weight excluding hydrogens is 270 g/mol. The summed E-state index contributed by atoms with van der Waals surface area (Å²) in [6.45, 7) is 5.80. The van der Waals surface area contributed by atoms with Gasteiger partial charge in [-0.25, -0.2) is 4.68 Å². The third-order valence-electron chi connectivity index (χ3n) is 2.81. The second-order valence-corrected chi connectivity index (χ2v) is 4.38. The van der Waals surface area contributed by atoms with E-state index in [0.29, 0.717) is 12.3 Å². The number of amides is 1. The molecule has 1 atom stereocenters. The van der Waals surface area contributed by atoms with E-state index < -0.39 is 6.10 Å². The highest BCUT2D eigenvalue weighted by molar-refractivity contribution is 5.93. The molecule has 1 amide bonds. The van der Waals surface area contributed by atoms with Crippen LogP contribution in [-0.4, -0.2) is 38.8 Å². The molecule has 0 radical (unpaired) electrons. The highest BCUT2D eigenvalue weighted by Gasteiger charge is 2.13. The van der Waals surface area contributed by atoms with Crippen molar-refractivity contribution in [2.24, 2.45) is 0 Å². The minimum Gasteiger partial charge on any atom is -0.368 e. The van der Waals surface area contributed by atoms with Gasteiger partial charge in [0.1, 0.15) is 12.4 Å². The Morgan fingerprint density at radius 2 is 2.24 bits per heavy atom. The lowest BCUT2D eigenvalue weighted by Gasteiger charge is -2.13. The van der Waals surface area contributed by atoms with Gasteiger partial charge in [0, 0.05) is 5.69 Å². The molecule has 0 aliphatic rings. The number of nitrogens with one attached hydrogen (secondary N) is 1. The molecule has 7 heteroatoms. The minimum absolute atomic E-state index is 0.186. The molecule has 0 spiro atoms. The number of aromatic nitrogens is 4. The number of tetrazole rings is 1. The number of anilines is 1. The van der Waals surface area contributed by atoms with Crippen LogP contribution in [0.1, 0.15) is 13.3 Å². The van der Waals surface area contributed by atoms with Crippen molar-refractivity contribution in [1.82, 2.24) is 20.2 Å². The van der Waals surface area contributed by atoms with Gasteiger partial charge in [-0.1, -0.05) is 6.08 Å². The van der Waals surface area contributed by atoms with Gasteiger partial charge in [-0.3, -0.25) is 4.79 Å². The first kappa shape index (κ1) is 14.9.